The molecule has 0 saturated carbocycles. The monoisotopic (exact) mass is 573 g/mol. The van der Waals surface area contributed by atoms with Crippen LogP contribution in [0.2, 0.25) is 5.02 Å². The molecule has 0 fully saturated rings. The van der Waals surface area contributed by atoms with Gasteiger partial charge in [0, 0.05) is 23.6 Å². The van der Waals surface area contributed by atoms with Crippen LogP contribution >= 0.6 is 11.6 Å². The van der Waals surface area contributed by atoms with E-state index >= 15 is 0 Å². The molecule has 0 saturated heterocycles. The minimum Gasteiger partial charge on any atom is -0.382 e. The summed E-state index contributed by atoms with van der Waals surface area (Å²) < 4.78 is 69.8. The van der Waals surface area contributed by atoms with Crippen LogP contribution in [0.15, 0.2) is 53.3 Å². The van der Waals surface area contributed by atoms with Crippen molar-refractivity contribution in [3.63, 3.8) is 0 Å². The number of alkyl halides is 5. The van der Waals surface area contributed by atoms with Crippen molar-refractivity contribution in [3.8, 4) is 17.1 Å². The Bertz CT molecular complexity index is 1580. The van der Waals surface area contributed by atoms with E-state index in [2.05, 4.69) is 15.2 Å². The first-order valence-corrected chi connectivity index (χ1v) is 11.3. The number of halogens is 6. The van der Waals surface area contributed by atoms with Crippen molar-refractivity contribution in [1.82, 2.24) is 29.1 Å². The third-order valence-electron chi connectivity index (χ3n) is 5.40. The molecule has 0 aliphatic carbocycles. The Balaban J connectivity index is 1.82. The Morgan fingerprint density at radius 2 is 1.72 bits per heavy atom. The largest absolute Gasteiger partial charge is 0.416 e. The summed E-state index contributed by atoms with van der Waals surface area (Å²) in [5.74, 6) is -5.33. The van der Waals surface area contributed by atoms with E-state index in [4.69, 9.17) is 11.6 Å². The zero-order valence-electron chi connectivity index (χ0n) is 19.7. The van der Waals surface area contributed by atoms with Crippen LogP contribution < -0.4 is 5.69 Å². The van der Waals surface area contributed by atoms with Crippen LogP contribution in [0.3, 0.4) is 0 Å². The third-order valence-corrected chi connectivity index (χ3v) is 5.65. The number of aliphatic hydroxyl groups excluding tert-OH is 1. The number of nitro groups is 1. The highest BCUT2D eigenvalue weighted by Gasteiger charge is 2.40. The molecule has 4 rings (SSSR count). The molecular weight excluding hydrogens is 557 g/mol. The first kappa shape index (κ1) is 27.8. The van der Waals surface area contributed by atoms with Gasteiger partial charge in [0.2, 0.25) is 5.82 Å². The molecule has 0 radical (unpaired) electrons. The van der Waals surface area contributed by atoms with Gasteiger partial charge in [0.1, 0.15) is 12.2 Å². The molecule has 0 bridgehead atoms. The van der Waals surface area contributed by atoms with E-state index in [1.54, 1.807) is 0 Å². The lowest BCUT2D eigenvalue weighted by Crippen LogP contribution is -2.37. The van der Waals surface area contributed by atoms with Gasteiger partial charge in [-0.25, -0.2) is 19.1 Å². The van der Waals surface area contributed by atoms with E-state index in [1.165, 1.54) is 42.5 Å². The Labute approximate surface area is 219 Å². The molecule has 0 spiro atoms. The highest BCUT2D eigenvalue weighted by molar-refractivity contribution is 6.30. The van der Waals surface area contributed by atoms with Crippen molar-refractivity contribution >= 4 is 17.3 Å². The summed E-state index contributed by atoms with van der Waals surface area (Å²) in [5.41, 5.74) is -1.84. The van der Waals surface area contributed by atoms with Crippen molar-refractivity contribution in [3.05, 3.63) is 85.8 Å². The van der Waals surface area contributed by atoms with E-state index in [-0.39, 0.29) is 17.1 Å². The lowest BCUT2D eigenvalue weighted by Gasteiger charge is -2.15. The maximum atomic E-state index is 14.4. The molecule has 1 N–H and O–H groups in total. The number of nitrogens with zero attached hydrogens (tertiary/aromatic N) is 7. The highest BCUT2D eigenvalue weighted by Crippen LogP contribution is 2.31. The normalized spacial score (nSPS) is 13.0. The van der Waals surface area contributed by atoms with Gasteiger partial charge < -0.3 is 5.11 Å². The Kier molecular flexibility index (Phi) is 7.27. The van der Waals surface area contributed by atoms with Gasteiger partial charge in [-0.3, -0.25) is 14.7 Å². The predicted molar refractivity (Wildman–Crippen MR) is 126 cm³/mol. The third kappa shape index (κ3) is 5.80. The molecule has 0 amide bonds. The van der Waals surface area contributed by atoms with Gasteiger partial charge in [-0.2, -0.15) is 22.0 Å². The maximum Gasteiger partial charge on any atom is 0.416 e. The second-order valence-corrected chi connectivity index (χ2v) is 8.77. The predicted octanol–water partition coefficient (Wildman–Crippen LogP) is 3.94. The van der Waals surface area contributed by atoms with Crippen LogP contribution in [-0.4, -0.2) is 51.4 Å². The minimum absolute atomic E-state index is 0.170. The zero-order chi connectivity index (χ0) is 28.7. The summed E-state index contributed by atoms with van der Waals surface area (Å²) in [7, 11) is 0. The Morgan fingerprint density at radius 3 is 2.31 bits per heavy atom. The van der Waals surface area contributed by atoms with Gasteiger partial charge in [-0.05, 0) is 30.3 Å². The van der Waals surface area contributed by atoms with Crippen molar-refractivity contribution in [1.29, 1.82) is 0 Å². The number of hydrogen-bond acceptors (Lipinski definition) is 7. The van der Waals surface area contributed by atoms with Gasteiger partial charge in [-0.15, -0.1) is 10.2 Å². The van der Waals surface area contributed by atoms with Crippen LogP contribution in [0.25, 0.3) is 17.1 Å². The van der Waals surface area contributed by atoms with E-state index < -0.39 is 59.2 Å². The molecule has 2 aromatic heterocycles. The SMILES string of the molecule is CC(F)(F)c1nc(Cn2nc(-c3ccc(Cl)cc3)n(CC(O)C(F)(F)F)c2=O)nn1-c1ccccc1[N+](=O)[O-]. The van der Waals surface area contributed by atoms with Gasteiger partial charge in [-0.1, -0.05) is 23.7 Å². The zero-order valence-corrected chi connectivity index (χ0v) is 20.4. The molecule has 2 heterocycles. The summed E-state index contributed by atoms with van der Waals surface area (Å²) in [6, 6.07) is 10.5. The van der Waals surface area contributed by atoms with Crippen LogP contribution in [-0.2, 0) is 19.0 Å². The topological polar surface area (TPSA) is 134 Å². The van der Waals surface area contributed by atoms with Gasteiger partial charge in [0.05, 0.1) is 11.5 Å². The molecule has 1 unspecified atom stereocenters. The van der Waals surface area contributed by atoms with Crippen LogP contribution in [0.5, 0.6) is 0 Å². The van der Waals surface area contributed by atoms with Gasteiger partial charge in [0.25, 0.3) is 5.69 Å². The standard InChI is InChI=1S/C22H17ClF5N7O4/c1-21(24,25)19-29-17(30-34(19)14-4-2-3-5-15(14)35(38)39)11-33-20(37)32(10-16(36)22(26,27)28)18(31-33)12-6-8-13(23)9-7-12/h2-9,16,36H,10-11H2,1H3. The Hall–Kier alpha value is -4.18. The van der Waals surface area contributed by atoms with Crippen LogP contribution in [0.1, 0.15) is 18.6 Å². The van der Waals surface area contributed by atoms with Crippen LogP contribution in [0, 0.1) is 10.1 Å². The minimum atomic E-state index is -5.05. The van der Waals surface area contributed by atoms with Crippen LogP contribution in [0.4, 0.5) is 27.6 Å². The number of hydrogen-bond donors (Lipinski definition) is 1. The molecule has 11 nitrogen and oxygen atoms in total. The summed E-state index contributed by atoms with van der Waals surface area (Å²) in [6.45, 7) is -1.41. The lowest BCUT2D eigenvalue weighted by atomic mass is 10.2. The maximum absolute atomic E-state index is 14.4. The number of aliphatic hydroxyl groups is 1. The smallest absolute Gasteiger partial charge is 0.382 e. The van der Waals surface area contributed by atoms with Crippen molar-refractivity contribution in [2.75, 3.05) is 0 Å². The van der Waals surface area contributed by atoms with E-state index in [0.29, 0.717) is 25.9 Å². The summed E-state index contributed by atoms with van der Waals surface area (Å²) >= 11 is 5.86. The number of nitro benzene ring substituents is 1. The number of para-hydroxylation sites is 2. The van der Waals surface area contributed by atoms with E-state index in [1.807, 2.05) is 0 Å². The first-order valence-electron chi connectivity index (χ1n) is 10.9. The van der Waals surface area contributed by atoms with Gasteiger partial charge in [0.15, 0.2) is 17.8 Å². The fourth-order valence-electron chi connectivity index (χ4n) is 3.60. The lowest BCUT2D eigenvalue weighted by molar-refractivity contribution is -0.384. The second kappa shape index (κ2) is 10.2. The molecule has 0 aliphatic rings. The summed E-state index contributed by atoms with van der Waals surface area (Å²) in [6.07, 6.45) is -7.97. The van der Waals surface area contributed by atoms with Crippen molar-refractivity contribution in [2.24, 2.45) is 0 Å². The average Bonchev–Trinajstić information content (AvgIpc) is 3.41. The molecule has 17 heteroatoms. The number of benzene rings is 2. The van der Waals surface area contributed by atoms with Gasteiger partial charge >= 0.3 is 17.8 Å². The van der Waals surface area contributed by atoms with Crippen molar-refractivity contribution < 1.29 is 32.0 Å². The fraction of sp³-hybridized carbons (Fsp3) is 0.273. The number of rotatable bonds is 8. The molecule has 0 aliphatic heterocycles. The molecule has 1 atom stereocenters. The van der Waals surface area contributed by atoms with Crippen molar-refractivity contribution in [2.45, 2.75) is 38.2 Å². The van der Waals surface area contributed by atoms with E-state index in [0.717, 1.165) is 6.07 Å². The Morgan fingerprint density at radius 1 is 1.08 bits per heavy atom. The first-order chi connectivity index (χ1) is 18.2. The highest BCUT2D eigenvalue weighted by atomic mass is 35.5. The molecule has 4 aromatic rings. The molecule has 206 valence electrons. The molecule has 39 heavy (non-hydrogen) atoms. The fourth-order valence-corrected chi connectivity index (χ4v) is 3.73. The molecular formula is C22H17ClF5N7O4. The summed E-state index contributed by atoms with van der Waals surface area (Å²) in [4.78, 5) is 27.4. The molecule has 2 aromatic carbocycles. The van der Waals surface area contributed by atoms with E-state index in [9.17, 15) is 42.0 Å². The second-order valence-electron chi connectivity index (χ2n) is 8.34. The average molecular weight is 574 g/mol. The summed E-state index contributed by atoms with van der Waals surface area (Å²) in [5, 5.41) is 29.3. The number of aromatic nitrogens is 6. The quantitative estimate of drug-likeness (QED) is 0.192.